The van der Waals surface area contributed by atoms with Crippen LogP contribution in [0.25, 0.3) is 0 Å². The molecule has 0 aliphatic heterocycles. The predicted molar refractivity (Wildman–Crippen MR) is 109 cm³/mol. The van der Waals surface area contributed by atoms with Crippen LogP contribution in [0.1, 0.15) is 51.4 Å². The van der Waals surface area contributed by atoms with Crippen LogP contribution in [0.4, 0.5) is 0 Å². The third-order valence-corrected chi connectivity index (χ3v) is 9.38. The first kappa shape index (κ1) is 22.6. The molecule has 0 aliphatic carbocycles. The number of rotatable bonds is 8. The molecule has 0 aromatic heterocycles. The Hall–Kier alpha value is -1.43. The SMILES string of the molecule is CC(C)=CC[C@@H](OC(=O)c1ccccc1)[C@@H](O)CO[Si](C)(C)C(C)(C)C. The van der Waals surface area contributed by atoms with Crippen LogP contribution in [0, 0.1) is 0 Å². The maximum atomic E-state index is 12.4. The molecular formula is C21H34O4Si. The first-order valence-corrected chi connectivity index (χ1v) is 12.1. The van der Waals surface area contributed by atoms with Crippen molar-refractivity contribution in [2.75, 3.05) is 6.61 Å². The molecule has 0 heterocycles. The van der Waals surface area contributed by atoms with Crippen molar-refractivity contribution in [1.82, 2.24) is 0 Å². The molecule has 0 amide bonds. The average Bonchev–Trinajstić information content (AvgIpc) is 2.55. The number of benzene rings is 1. The minimum atomic E-state index is -1.98. The van der Waals surface area contributed by atoms with Crippen LogP contribution < -0.4 is 0 Å². The van der Waals surface area contributed by atoms with E-state index >= 15 is 0 Å². The number of esters is 1. The zero-order valence-corrected chi connectivity index (χ0v) is 18.2. The standard InChI is InChI=1S/C21H34O4Si/c1-16(2)13-14-19(25-20(23)17-11-9-8-10-12-17)18(22)15-24-26(6,7)21(3,4)5/h8-13,18-19,22H,14-15H2,1-7H3/t18-,19+/m0/s1. The van der Waals surface area contributed by atoms with E-state index in [1.165, 1.54) is 0 Å². The summed E-state index contributed by atoms with van der Waals surface area (Å²) in [6.07, 6.45) is 0.927. The summed E-state index contributed by atoms with van der Waals surface area (Å²) in [5.74, 6) is -0.427. The topological polar surface area (TPSA) is 55.8 Å². The molecule has 5 heteroatoms. The van der Waals surface area contributed by atoms with Crippen molar-refractivity contribution < 1.29 is 19.1 Å². The number of aliphatic hydroxyl groups excluding tert-OH is 1. The summed E-state index contributed by atoms with van der Waals surface area (Å²) in [4.78, 5) is 12.4. The molecule has 1 aromatic carbocycles. The van der Waals surface area contributed by atoms with E-state index in [-0.39, 0.29) is 11.6 Å². The second kappa shape index (κ2) is 9.49. The monoisotopic (exact) mass is 378 g/mol. The molecule has 2 atom stereocenters. The molecule has 0 unspecified atom stereocenters. The van der Waals surface area contributed by atoms with Crippen LogP contribution in [0.15, 0.2) is 42.0 Å². The van der Waals surface area contributed by atoms with Gasteiger partial charge >= 0.3 is 5.97 Å². The van der Waals surface area contributed by atoms with E-state index < -0.39 is 26.5 Å². The zero-order chi connectivity index (χ0) is 20.0. The third kappa shape index (κ3) is 7.06. The number of carbonyl (C=O) groups is 1. The normalized spacial score (nSPS) is 14.5. The minimum absolute atomic E-state index is 0.0584. The lowest BCUT2D eigenvalue weighted by atomic mass is 10.1. The zero-order valence-electron chi connectivity index (χ0n) is 17.2. The Morgan fingerprint density at radius 1 is 1.19 bits per heavy atom. The maximum Gasteiger partial charge on any atom is 0.338 e. The smallest absolute Gasteiger partial charge is 0.338 e. The summed E-state index contributed by atoms with van der Waals surface area (Å²) < 4.78 is 11.7. The van der Waals surface area contributed by atoms with Crippen molar-refractivity contribution in [3.63, 3.8) is 0 Å². The van der Waals surface area contributed by atoms with Crippen LogP contribution in [0.2, 0.25) is 18.1 Å². The van der Waals surface area contributed by atoms with E-state index in [1.54, 1.807) is 24.3 Å². The largest absolute Gasteiger partial charge is 0.456 e. The second-order valence-corrected chi connectivity index (χ2v) is 13.3. The Balaban J connectivity index is 2.82. The summed E-state index contributed by atoms with van der Waals surface area (Å²) >= 11 is 0. The molecule has 0 saturated carbocycles. The Labute approximate surface area is 159 Å². The van der Waals surface area contributed by atoms with E-state index in [0.717, 1.165) is 5.57 Å². The number of hydrogen-bond donors (Lipinski definition) is 1. The number of aliphatic hydroxyl groups is 1. The van der Waals surface area contributed by atoms with Gasteiger partial charge in [0.15, 0.2) is 8.32 Å². The van der Waals surface area contributed by atoms with Gasteiger partial charge in [0.2, 0.25) is 0 Å². The lowest BCUT2D eigenvalue weighted by molar-refractivity contribution is -0.0336. The number of carbonyl (C=O) groups excluding carboxylic acids is 1. The summed E-state index contributed by atoms with van der Waals surface area (Å²) in [6.45, 7) is 14.9. The molecule has 1 aromatic rings. The van der Waals surface area contributed by atoms with E-state index in [9.17, 15) is 9.90 Å². The van der Waals surface area contributed by atoms with Gasteiger partial charge in [-0.25, -0.2) is 4.79 Å². The van der Waals surface area contributed by atoms with Gasteiger partial charge in [0.05, 0.1) is 12.2 Å². The van der Waals surface area contributed by atoms with Gasteiger partial charge in [-0.05, 0) is 44.1 Å². The molecule has 0 aliphatic rings. The van der Waals surface area contributed by atoms with Gasteiger partial charge in [-0.15, -0.1) is 0 Å². The number of hydrogen-bond acceptors (Lipinski definition) is 4. The van der Waals surface area contributed by atoms with Gasteiger partial charge in [-0.1, -0.05) is 50.6 Å². The summed E-state index contributed by atoms with van der Waals surface area (Å²) in [5.41, 5.74) is 1.59. The highest BCUT2D eigenvalue weighted by Crippen LogP contribution is 2.36. The van der Waals surface area contributed by atoms with E-state index in [1.807, 2.05) is 26.0 Å². The molecule has 4 nitrogen and oxygen atoms in total. The van der Waals surface area contributed by atoms with Crippen molar-refractivity contribution in [3.05, 3.63) is 47.5 Å². The highest BCUT2D eigenvalue weighted by molar-refractivity contribution is 6.74. The molecular weight excluding hydrogens is 344 g/mol. The Kier molecular flexibility index (Phi) is 8.25. The fourth-order valence-corrected chi connectivity index (χ4v) is 3.05. The van der Waals surface area contributed by atoms with Gasteiger partial charge in [-0.2, -0.15) is 0 Å². The highest BCUT2D eigenvalue weighted by atomic mass is 28.4. The Morgan fingerprint density at radius 3 is 2.27 bits per heavy atom. The summed E-state index contributed by atoms with van der Waals surface area (Å²) in [5, 5.41) is 10.7. The molecule has 1 rings (SSSR count). The fraction of sp³-hybridized carbons (Fsp3) is 0.571. The van der Waals surface area contributed by atoms with Gasteiger partial charge in [0, 0.05) is 6.42 Å². The van der Waals surface area contributed by atoms with Gasteiger partial charge < -0.3 is 14.3 Å². The number of allylic oxidation sites excluding steroid dienone is 1. The van der Waals surface area contributed by atoms with Crippen LogP contribution in [0.3, 0.4) is 0 Å². The molecule has 0 fully saturated rings. The Bertz CT molecular complexity index is 598. The van der Waals surface area contributed by atoms with Gasteiger partial charge in [0.1, 0.15) is 12.2 Å². The molecule has 26 heavy (non-hydrogen) atoms. The molecule has 0 radical (unpaired) electrons. The van der Waals surface area contributed by atoms with E-state index in [0.29, 0.717) is 12.0 Å². The molecule has 0 bridgehead atoms. The summed E-state index contributed by atoms with van der Waals surface area (Å²) in [6, 6.07) is 8.84. The third-order valence-electron chi connectivity index (χ3n) is 4.88. The van der Waals surface area contributed by atoms with Gasteiger partial charge in [0.25, 0.3) is 0 Å². The first-order chi connectivity index (χ1) is 11.9. The van der Waals surface area contributed by atoms with Crippen molar-refractivity contribution >= 4 is 14.3 Å². The van der Waals surface area contributed by atoms with E-state index in [2.05, 4.69) is 33.9 Å². The highest BCUT2D eigenvalue weighted by Gasteiger charge is 2.38. The minimum Gasteiger partial charge on any atom is -0.456 e. The van der Waals surface area contributed by atoms with Crippen LogP contribution in [-0.2, 0) is 9.16 Å². The quantitative estimate of drug-likeness (QED) is 0.395. The fourth-order valence-electron chi connectivity index (χ4n) is 2.03. The van der Waals surface area contributed by atoms with Crippen LogP contribution in [0.5, 0.6) is 0 Å². The van der Waals surface area contributed by atoms with Crippen molar-refractivity contribution in [2.45, 2.75) is 71.4 Å². The van der Waals surface area contributed by atoms with Crippen LogP contribution >= 0.6 is 0 Å². The van der Waals surface area contributed by atoms with Gasteiger partial charge in [-0.3, -0.25) is 0 Å². The number of ether oxygens (including phenoxy) is 1. The lowest BCUT2D eigenvalue weighted by Gasteiger charge is -2.37. The van der Waals surface area contributed by atoms with Crippen molar-refractivity contribution in [3.8, 4) is 0 Å². The summed E-state index contributed by atoms with van der Waals surface area (Å²) in [7, 11) is -1.98. The van der Waals surface area contributed by atoms with Crippen molar-refractivity contribution in [1.29, 1.82) is 0 Å². The average molecular weight is 379 g/mol. The molecule has 146 valence electrons. The van der Waals surface area contributed by atoms with Crippen LogP contribution in [-0.4, -0.2) is 38.2 Å². The van der Waals surface area contributed by atoms with Crippen molar-refractivity contribution in [2.24, 2.45) is 0 Å². The maximum absolute atomic E-state index is 12.4. The Morgan fingerprint density at radius 2 is 1.77 bits per heavy atom. The molecule has 1 N–H and O–H groups in total. The molecule has 0 spiro atoms. The lowest BCUT2D eigenvalue weighted by Crippen LogP contribution is -2.45. The van der Waals surface area contributed by atoms with E-state index in [4.69, 9.17) is 9.16 Å². The molecule has 0 saturated heterocycles. The first-order valence-electron chi connectivity index (χ1n) is 9.15. The predicted octanol–water partition coefficient (Wildman–Crippen LogP) is 4.95. The second-order valence-electron chi connectivity index (χ2n) is 8.47.